The Labute approximate surface area is 364 Å². The monoisotopic (exact) mass is 792 g/mol. The van der Waals surface area contributed by atoms with E-state index >= 15 is 0 Å². The fraction of sp³-hybridized carbons (Fsp3) is 0.0333. The van der Waals surface area contributed by atoms with E-state index in [2.05, 4.69) is 220 Å². The van der Waals surface area contributed by atoms with Gasteiger partial charge in [0.2, 0.25) is 0 Å². The first-order valence-electron chi connectivity index (χ1n) is 21.2. The summed E-state index contributed by atoms with van der Waals surface area (Å²) in [7, 11) is 0. The van der Waals surface area contributed by atoms with Gasteiger partial charge in [0.25, 0.3) is 0 Å². The van der Waals surface area contributed by atoms with Crippen LogP contribution in [0.5, 0.6) is 0 Å². The predicted octanol–water partition coefficient (Wildman–Crippen LogP) is 16.1. The molecule has 1 aromatic heterocycles. The van der Waals surface area contributed by atoms with Crippen LogP contribution in [-0.2, 0) is 0 Å². The Morgan fingerprint density at radius 1 is 0.242 bits per heavy atom. The zero-order valence-electron chi connectivity index (χ0n) is 34.8. The minimum absolute atomic E-state index is 0.692. The van der Waals surface area contributed by atoms with E-state index in [0.29, 0.717) is 5.82 Å². The van der Waals surface area contributed by atoms with Crippen molar-refractivity contribution in [3.05, 3.63) is 242 Å². The van der Waals surface area contributed by atoms with E-state index in [9.17, 15) is 0 Å². The second-order valence-corrected chi connectivity index (χ2v) is 15.9. The fourth-order valence-electron chi connectivity index (χ4n) is 8.53. The molecule has 0 amide bonds. The highest BCUT2D eigenvalue weighted by Gasteiger charge is 2.20. The van der Waals surface area contributed by atoms with Gasteiger partial charge in [-0.1, -0.05) is 200 Å². The quantitative estimate of drug-likeness (QED) is 0.145. The molecule has 0 N–H and O–H groups in total. The van der Waals surface area contributed by atoms with Gasteiger partial charge in [-0.3, -0.25) is 0 Å². The topological polar surface area (TPSA) is 25.8 Å². The van der Waals surface area contributed by atoms with Gasteiger partial charge in [-0.2, -0.15) is 0 Å². The minimum Gasteiger partial charge on any atom is -0.228 e. The molecule has 2 heteroatoms. The Morgan fingerprint density at radius 3 is 1.29 bits per heavy atom. The van der Waals surface area contributed by atoms with Crippen LogP contribution in [-0.4, -0.2) is 9.97 Å². The van der Waals surface area contributed by atoms with Gasteiger partial charge in [0.1, 0.15) is 0 Å². The van der Waals surface area contributed by atoms with E-state index in [0.717, 1.165) is 50.3 Å². The van der Waals surface area contributed by atoms with E-state index in [1.807, 2.05) is 24.3 Å². The van der Waals surface area contributed by atoms with Gasteiger partial charge in [-0.15, -0.1) is 0 Å². The normalized spacial score (nSPS) is 11.1. The van der Waals surface area contributed by atoms with E-state index in [-0.39, 0.29) is 0 Å². The molecular formula is C60H44N2. The first-order valence-corrected chi connectivity index (χ1v) is 21.2. The van der Waals surface area contributed by atoms with Crippen LogP contribution in [0.2, 0.25) is 0 Å². The van der Waals surface area contributed by atoms with Crippen LogP contribution in [0.3, 0.4) is 0 Å². The van der Waals surface area contributed by atoms with Gasteiger partial charge in [-0.05, 0) is 122 Å². The lowest BCUT2D eigenvalue weighted by Gasteiger charge is -2.21. The zero-order chi connectivity index (χ0) is 41.8. The molecule has 0 spiro atoms. The van der Waals surface area contributed by atoms with Crippen LogP contribution in [0.25, 0.3) is 101 Å². The molecule has 0 saturated heterocycles. The number of rotatable bonds is 9. The maximum absolute atomic E-state index is 5.25. The highest BCUT2D eigenvalue weighted by molar-refractivity contribution is 5.99. The highest BCUT2D eigenvalue weighted by Crippen LogP contribution is 2.45. The van der Waals surface area contributed by atoms with Crippen molar-refractivity contribution in [1.29, 1.82) is 0 Å². The smallest absolute Gasteiger partial charge is 0.160 e. The lowest BCUT2D eigenvalue weighted by atomic mass is 9.83. The molecule has 0 atom stereocenters. The van der Waals surface area contributed by atoms with Crippen LogP contribution in [0, 0.1) is 13.8 Å². The predicted molar refractivity (Wildman–Crippen MR) is 260 cm³/mol. The van der Waals surface area contributed by atoms with Crippen molar-refractivity contribution in [2.45, 2.75) is 13.8 Å². The van der Waals surface area contributed by atoms with Gasteiger partial charge in [-0.25, -0.2) is 9.97 Å². The maximum Gasteiger partial charge on any atom is 0.160 e. The molecular weight excluding hydrogens is 749 g/mol. The summed E-state index contributed by atoms with van der Waals surface area (Å²) in [5.74, 6) is 0.692. The highest BCUT2D eigenvalue weighted by atomic mass is 14.9. The number of hydrogen-bond acceptors (Lipinski definition) is 2. The van der Waals surface area contributed by atoms with Crippen molar-refractivity contribution < 1.29 is 0 Å². The summed E-state index contributed by atoms with van der Waals surface area (Å²) in [5, 5.41) is 0. The first-order chi connectivity index (χ1) is 30.6. The Balaban J connectivity index is 1.17. The molecule has 62 heavy (non-hydrogen) atoms. The second kappa shape index (κ2) is 17.0. The van der Waals surface area contributed by atoms with E-state index in [4.69, 9.17) is 9.97 Å². The van der Waals surface area contributed by atoms with E-state index in [1.54, 1.807) is 0 Å². The molecule has 1 heterocycles. The Kier molecular flexibility index (Phi) is 10.5. The summed E-state index contributed by atoms with van der Waals surface area (Å²) in [6, 6.07) is 82.4. The summed E-state index contributed by atoms with van der Waals surface area (Å²) in [4.78, 5) is 10.4. The largest absolute Gasteiger partial charge is 0.228 e. The molecule has 0 aliphatic heterocycles. The summed E-state index contributed by atoms with van der Waals surface area (Å²) < 4.78 is 0. The van der Waals surface area contributed by atoms with E-state index < -0.39 is 0 Å². The SMILES string of the molecule is Cc1ccccc1-c1cc(-c2cc(-c3ccccc3)cc(-c3cccc(-c4cc(-c5ccc(-c6ccccc6)cc5)nc(-c5ccccc5)n4)c3)c2-c2ccccc2)ccc1C. The maximum atomic E-state index is 5.25. The molecule has 2 nitrogen and oxygen atoms in total. The molecule has 0 fully saturated rings. The third-order valence-electron chi connectivity index (χ3n) is 11.8. The molecule has 294 valence electrons. The Bertz CT molecular complexity index is 3160. The van der Waals surface area contributed by atoms with Crippen LogP contribution in [0.15, 0.2) is 231 Å². The van der Waals surface area contributed by atoms with Gasteiger partial charge in [0.05, 0.1) is 11.4 Å². The van der Waals surface area contributed by atoms with Gasteiger partial charge in [0, 0.05) is 16.7 Å². The number of nitrogens with zero attached hydrogens (tertiary/aromatic N) is 2. The van der Waals surface area contributed by atoms with Crippen molar-refractivity contribution in [2.24, 2.45) is 0 Å². The van der Waals surface area contributed by atoms with Crippen molar-refractivity contribution in [1.82, 2.24) is 9.97 Å². The summed E-state index contributed by atoms with van der Waals surface area (Å²) in [6.45, 7) is 4.41. The van der Waals surface area contributed by atoms with Crippen LogP contribution >= 0.6 is 0 Å². The van der Waals surface area contributed by atoms with Crippen LogP contribution < -0.4 is 0 Å². The van der Waals surface area contributed by atoms with Gasteiger partial charge in [0.15, 0.2) is 5.82 Å². The van der Waals surface area contributed by atoms with Crippen molar-refractivity contribution in [3.63, 3.8) is 0 Å². The average molecular weight is 793 g/mol. The molecule has 0 radical (unpaired) electrons. The zero-order valence-corrected chi connectivity index (χ0v) is 34.8. The lowest BCUT2D eigenvalue weighted by molar-refractivity contribution is 1.18. The third-order valence-corrected chi connectivity index (χ3v) is 11.8. The number of aryl methyl sites for hydroxylation is 2. The molecule has 9 aromatic carbocycles. The number of aromatic nitrogens is 2. The molecule has 0 aliphatic rings. The molecule has 0 saturated carbocycles. The summed E-state index contributed by atoms with van der Waals surface area (Å²) in [5.41, 5.74) is 21.5. The van der Waals surface area contributed by atoms with Crippen LogP contribution in [0.4, 0.5) is 0 Å². The van der Waals surface area contributed by atoms with E-state index in [1.165, 1.54) is 55.6 Å². The molecule has 10 aromatic rings. The van der Waals surface area contributed by atoms with Gasteiger partial charge < -0.3 is 0 Å². The standard InChI is InChI=1S/C60H44N2/c1-41-18-15-16-29-53(41)54-37-50(31-30-42(54)2)56-39-52(44-21-9-4-10-22-44)38-55(59(56)47-23-11-5-12-24-47)49-27-17-28-51(36-49)58-40-57(61-60(62-58)48-25-13-6-14-26-48)46-34-32-45(33-35-46)43-19-7-3-8-20-43/h3-40H,1-2H3. The van der Waals surface area contributed by atoms with Crippen molar-refractivity contribution in [2.75, 3.05) is 0 Å². The minimum atomic E-state index is 0.692. The second-order valence-electron chi connectivity index (χ2n) is 15.9. The molecule has 10 rings (SSSR count). The third kappa shape index (κ3) is 7.78. The van der Waals surface area contributed by atoms with Crippen molar-refractivity contribution in [3.8, 4) is 101 Å². The number of hydrogen-bond donors (Lipinski definition) is 0. The van der Waals surface area contributed by atoms with Crippen molar-refractivity contribution >= 4 is 0 Å². The average Bonchev–Trinajstić information content (AvgIpc) is 3.35. The number of benzene rings is 9. The molecule has 0 aliphatic carbocycles. The fourth-order valence-corrected chi connectivity index (χ4v) is 8.53. The molecule has 0 bridgehead atoms. The lowest BCUT2D eigenvalue weighted by Crippen LogP contribution is -1.97. The van der Waals surface area contributed by atoms with Gasteiger partial charge >= 0.3 is 0 Å². The summed E-state index contributed by atoms with van der Waals surface area (Å²) in [6.07, 6.45) is 0. The Morgan fingerprint density at radius 2 is 0.661 bits per heavy atom. The Hall–Kier alpha value is -7.94. The summed E-state index contributed by atoms with van der Waals surface area (Å²) >= 11 is 0. The first kappa shape index (κ1) is 38.3. The molecule has 0 unspecified atom stereocenters. The van der Waals surface area contributed by atoms with Crippen LogP contribution in [0.1, 0.15) is 11.1 Å².